The van der Waals surface area contributed by atoms with Gasteiger partial charge in [0.15, 0.2) is 0 Å². The highest BCUT2D eigenvalue weighted by molar-refractivity contribution is 4.88. The molecular weight excluding hydrogens is 196 g/mol. The van der Waals surface area contributed by atoms with Crippen LogP contribution in [-0.4, -0.2) is 30.1 Å². The topological polar surface area (TPSA) is 29.3 Å². The van der Waals surface area contributed by atoms with Gasteiger partial charge in [0.25, 0.3) is 0 Å². The van der Waals surface area contributed by atoms with Crippen LogP contribution in [0.3, 0.4) is 0 Å². The minimum Gasteiger partial charge on any atom is -0.326 e. The van der Waals surface area contributed by atoms with Gasteiger partial charge in [-0.2, -0.15) is 0 Å². The molecule has 96 valence electrons. The van der Waals surface area contributed by atoms with Crippen molar-refractivity contribution >= 4 is 0 Å². The highest BCUT2D eigenvalue weighted by atomic mass is 15.2. The molecule has 0 saturated heterocycles. The Hall–Kier alpha value is -0.0800. The highest BCUT2D eigenvalue weighted by Crippen LogP contribution is 2.28. The van der Waals surface area contributed by atoms with E-state index in [2.05, 4.69) is 39.6 Å². The summed E-state index contributed by atoms with van der Waals surface area (Å²) in [7, 11) is 2.26. The van der Waals surface area contributed by atoms with E-state index in [-0.39, 0.29) is 0 Å². The summed E-state index contributed by atoms with van der Waals surface area (Å²) in [6.45, 7) is 9.30. The molecule has 0 heterocycles. The number of likely N-dealkylation sites (N-methyl/N-ethyl adjacent to an activating group) is 1. The fourth-order valence-electron chi connectivity index (χ4n) is 3.02. The second-order valence-electron chi connectivity index (χ2n) is 6.29. The largest absolute Gasteiger partial charge is 0.326 e. The molecule has 0 aromatic carbocycles. The zero-order chi connectivity index (χ0) is 12.3. The van der Waals surface area contributed by atoms with Crippen molar-refractivity contribution in [3.05, 3.63) is 0 Å². The molecule has 1 aliphatic rings. The summed E-state index contributed by atoms with van der Waals surface area (Å²) >= 11 is 0. The summed E-state index contributed by atoms with van der Waals surface area (Å²) < 4.78 is 0. The second-order valence-corrected chi connectivity index (χ2v) is 6.29. The Kier molecular flexibility index (Phi) is 5.26. The van der Waals surface area contributed by atoms with Gasteiger partial charge < -0.3 is 5.73 Å². The minimum atomic E-state index is 0.385. The standard InChI is InChI=1S/C14H30N2/c1-10(2)8-12(4)16(5)14-9-11(3)6-7-13(14)15/h10-14H,6-9,15H2,1-5H3. The molecule has 0 spiro atoms. The summed E-state index contributed by atoms with van der Waals surface area (Å²) in [5, 5.41) is 0. The van der Waals surface area contributed by atoms with Gasteiger partial charge in [-0.05, 0) is 51.5 Å². The minimum absolute atomic E-state index is 0.385. The van der Waals surface area contributed by atoms with E-state index >= 15 is 0 Å². The maximum Gasteiger partial charge on any atom is 0.0249 e. The lowest BCUT2D eigenvalue weighted by atomic mass is 9.82. The van der Waals surface area contributed by atoms with Gasteiger partial charge >= 0.3 is 0 Å². The van der Waals surface area contributed by atoms with Crippen LogP contribution in [0.2, 0.25) is 0 Å². The lowest BCUT2D eigenvalue weighted by molar-refractivity contribution is 0.0982. The van der Waals surface area contributed by atoms with E-state index < -0.39 is 0 Å². The number of nitrogens with zero attached hydrogens (tertiary/aromatic N) is 1. The summed E-state index contributed by atoms with van der Waals surface area (Å²) in [5.41, 5.74) is 6.27. The van der Waals surface area contributed by atoms with E-state index in [0.717, 1.165) is 11.8 Å². The Morgan fingerprint density at radius 2 is 1.88 bits per heavy atom. The van der Waals surface area contributed by atoms with Gasteiger partial charge in [0.05, 0.1) is 0 Å². The fourth-order valence-corrected chi connectivity index (χ4v) is 3.02. The molecule has 1 aliphatic carbocycles. The van der Waals surface area contributed by atoms with Gasteiger partial charge in [0.2, 0.25) is 0 Å². The first-order chi connectivity index (χ1) is 7.41. The Bertz CT molecular complexity index is 203. The van der Waals surface area contributed by atoms with Crippen LogP contribution in [0.25, 0.3) is 0 Å². The molecule has 0 aliphatic heterocycles. The van der Waals surface area contributed by atoms with Crippen molar-refractivity contribution in [2.75, 3.05) is 7.05 Å². The molecule has 0 radical (unpaired) electrons. The van der Waals surface area contributed by atoms with E-state index in [1.807, 2.05) is 0 Å². The molecule has 16 heavy (non-hydrogen) atoms. The number of nitrogens with two attached hydrogens (primary N) is 1. The van der Waals surface area contributed by atoms with E-state index in [1.54, 1.807) is 0 Å². The molecule has 2 nitrogen and oxygen atoms in total. The van der Waals surface area contributed by atoms with Crippen molar-refractivity contribution in [3.63, 3.8) is 0 Å². The molecule has 0 amide bonds. The van der Waals surface area contributed by atoms with Crippen LogP contribution in [0.15, 0.2) is 0 Å². The Balaban J connectivity index is 2.53. The zero-order valence-corrected chi connectivity index (χ0v) is 11.7. The Morgan fingerprint density at radius 3 is 2.44 bits per heavy atom. The van der Waals surface area contributed by atoms with Crippen molar-refractivity contribution in [3.8, 4) is 0 Å². The molecule has 4 atom stereocenters. The quantitative estimate of drug-likeness (QED) is 0.798. The van der Waals surface area contributed by atoms with Gasteiger partial charge in [-0.25, -0.2) is 0 Å². The van der Waals surface area contributed by atoms with Crippen molar-refractivity contribution in [2.45, 2.75) is 71.5 Å². The van der Waals surface area contributed by atoms with E-state index in [1.165, 1.54) is 25.7 Å². The molecule has 4 unspecified atom stereocenters. The van der Waals surface area contributed by atoms with Crippen LogP contribution in [0.5, 0.6) is 0 Å². The van der Waals surface area contributed by atoms with Crippen molar-refractivity contribution < 1.29 is 0 Å². The molecule has 1 fully saturated rings. The molecule has 2 heteroatoms. The molecule has 1 saturated carbocycles. The van der Waals surface area contributed by atoms with Gasteiger partial charge in [0, 0.05) is 18.1 Å². The molecule has 0 bridgehead atoms. The fraction of sp³-hybridized carbons (Fsp3) is 1.00. The van der Waals surface area contributed by atoms with Crippen LogP contribution in [0, 0.1) is 11.8 Å². The normalized spacial score (nSPS) is 33.4. The molecule has 2 N–H and O–H groups in total. The summed E-state index contributed by atoms with van der Waals surface area (Å²) in [6.07, 6.45) is 5.06. The second kappa shape index (κ2) is 6.02. The molecule has 0 aromatic rings. The highest BCUT2D eigenvalue weighted by Gasteiger charge is 2.30. The monoisotopic (exact) mass is 226 g/mol. The number of hydrogen-bond acceptors (Lipinski definition) is 2. The van der Waals surface area contributed by atoms with Gasteiger partial charge in [-0.1, -0.05) is 20.8 Å². The average Bonchev–Trinajstić information content (AvgIpc) is 2.19. The Labute approximate surface area is 102 Å². The van der Waals surface area contributed by atoms with Gasteiger partial charge in [-0.3, -0.25) is 4.90 Å². The van der Waals surface area contributed by atoms with Crippen LogP contribution in [0.1, 0.15) is 53.4 Å². The van der Waals surface area contributed by atoms with E-state index in [9.17, 15) is 0 Å². The van der Waals surface area contributed by atoms with Crippen molar-refractivity contribution in [2.24, 2.45) is 17.6 Å². The maximum atomic E-state index is 6.27. The predicted octanol–water partition coefficient (Wildman–Crippen LogP) is 2.87. The van der Waals surface area contributed by atoms with Gasteiger partial charge in [-0.15, -0.1) is 0 Å². The van der Waals surface area contributed by atoms with Gasteiger partial charge in [0.1, 0.15) is 0 Å². The van der Waals surface area contributed by atoms with Crippen LogP contribution in [-0.2, 0) is 0 Å². The molecular formula is C14H30N2. The van der Waals surface area contributed by atoms with Crippen molar-refractivity contribution in [1.29, 1.82) is 0 Å². The van der Waals surface area contributed by atoms with E-state index in [4.69, 9.17) is 5.73 Å². The van der Waals surface area contributed by atoms with Crippen LogP contribution in [0.4, 0.5) is 0 Å². The summed E-state index contributed by atoms with van der Waals surface area (Å²) in [5.74, 6) is 1.62. The summed E-state index contributed by atoms with van der Waals surface area (Å²) in [4.78, 5) is 2.53. The first kappa shape index (κ1) is 14.0. The third kappa shape index (κ3) is 3.74. The molecule has 0 aromatic heterocycles. The lowest BCUT2D eigenvalue weighted by Crippen LogP contribution is -2.52. The smallest absolute Gasteiger partial charge is 0.0249 e. The van der Waals surface area contributed by atoms with Crippen LogP contribution >= 0.6 is 0 Å². The number of rotatable bonds is 4. The van der Waals surface area contributed by atoms with E-state index in [0.29, 0.717) is 18.1 Å². The molecule has 1 rings (SSSR count). The number of hydrogen-bond donors (Lipinski definition) is 1. The van der Waals surface area contributed by atoms with Crippen molar-refractivity contribution in [1.82, 2.24) is 4.90 Å². The summed E-state index contributed by atoms with van der Waals surface area (Å²) in [6, 6.07) is 1.63. The zero-order valence-electron chi connectivity index (χ0n) is 11.7. The average molecular weight is 226 g/mol. The Morgan fingerprint density at radius 1 is 1.25 bits per heavy atom. The first-order valence-corrected chi connectivity index (χ1v) is 6.89. The first-order valence-electron chi connectivity index (χ1n) is 6.89. The maximum absolute atomic E-state index is 6.27. The SMILES string of the molecule is CC(C)CC(C)N(C)C1CC(C)CCC1N. The third-order valence-corrected chi connectivity index (χ3v) is 4.16. The third-order valence-electron chi connectivity index (χ3n) is 4.16. The predicted molar refractivity (Wildman–Crippen MR) is 71.5 cm³/mol. The van der Waals surface area contributed by atoms with Crippen LogP contribution < -0.4 is 5.73 Å². The lowest BCUT2D eigenvalue weighted by Gasteiger charge is -2.42.